The summed E-state index contributed by atoms with van der Waals surface area (Å²) in [6.07, 6.45) is 0. The van der Waals surface area contributed by atoms with E-state index >= 15 is 0 Å². The molecule has 1 heterocycles. The molecule has 6 nitrogen and oxygen atoms in total. The van der Waals surface area contributed by atoms with Crippen molar-refractivity contribution in [2.24, 2.45) is 5.73 Å². The second-order valence-corrected chi connectivity index (χ2v) is 4.65. The average Bonchev–Trinajstić information content (AvgIpc) is 2.78. The van der Waals surface area contributed by atoms with Gasteiger partial charge in [-0.2, -0.15) is 0 Å². The lowest BCUT2D eigenvalue weighted by atomic mass is 10.2. The van der Waals surface area contributed by atoms with Crippen LogP contribution in [-0.2, 0) is 14.4 Å². The van der Waals surface area contributed by atoms with Gasteiger partial charge >= 0.3 is 0 Å². The molecule has 1 aliphatic heterocycles. The number of nitrogens with zero attached hydrogens (tertiary/aromatic N) is 1. The highest BCUT2D eigenvalue weighted by Gasteiger charge is 2.35. The van der Waals surface area contributed by atoms with Crippen LogP contribution in [0, 0.1) is 0 Å². The number of primary amides is 1. The summed E-state index contributed by atoms with van der Waals surface area (Å²) in [7, 11) is 0. The summed E-state index contributed by atoms with van der Waals surface area (Å²) in [6.45, 7) is 6.93. The molecule has 1 fully saturated rings. The van der Waals surface area contributed by atoms with Gasteiger partial charge in [0.05, 0.1) is 5.88 Å². The molecule has 0 aromatic heterocycles. The second kappa shape index (κ2) is 7.97. The van der Waals surface area contributed by atoms with Crippen LogP contribution in [0.2, 0.25) is 0 Å². The number of nitrogens with two attached hydrogens (primary N) is 1. The van der Waals surface area contributed by atoms with Gasteiger partial charge in [0, 0.05) is 12.7 Å². The third-order valence-electron chi connectivity index (χ3n) is 2.28. The van der Waals surface area contributed by atoms with E-state index in [0.717, 1.165) is 0 Å². The largest absolute Gasteiger partial charge is 0.368 e. The van der Waals surface area contributed by atoms with E-state index in [1.165, 1.54) is 23.6 Å². The van der Waals surface area contributed by atoms with E-state index in [9.17, 15) is 14.4 Å². The lowest BCUT2D eigenvalue weighted by molar-refractivity contribution is -0.139. The minimum Gasteiger partial charge on any atom is -0.368 e. The number of rotatable bonds is 3. The maximum atomic E-state index is 11.9. The molecule has 0 unspecified atom stereocenters. The van der Waals surface area contributed by atoms with Gasteiger partial charge in [-0.15, -0.1) is 11.8 Å². The van der Waals surface area contributed by atoms with E-state index in [4.69, 9.17) is 5.73 Å². The predicted molar refractivity (Wildman–Crippen MR) is 71.8 cm³/mol. The molecule has 1 aliphatic rings. The number of hydrogen-bond donors (Lipinski definition) is 2. The van der Waals surface area contributed by atoms with Gasteiger partial charge in [-0.1, -0.05) is 13.8 Å². The topological polar surface area (TPSA) is 92.5 Å². The number of nitrogens with one attached hydrogen (secondary N) is 1. The van der Waals surface area contributed by atoms with Gasteiger partial charge in [0.2, 0.25) is 17.7 Å². The van der Waals surface area contributed by atoms with Gasteiger partial charge in [0.1, 0.15) is 12.1 Å². The molecule has 0 saturated carbocycles. The molecule has 7 heteroatoms. The van der Waals surface area contributed by atoms with Crippen molar-refractivity contribution in [3.63, 3.8) is 0 Å². The van der Waals surface area contributed by atoms with E-state index in [0.29, 0.717) is 11.6 Å². The summed E-state index contributed by atoms with van der Waals surface area (Å²) in [5, 5.41) is 2.49. The third kappa shape index (κ3) is 4.56. The molecule has 0 bridgehead atoms. The fourth-order valence-electron chi connectivity index (χ4n) is 1.51. The Balaban J connectivity index is 0.00000137. The molecule has 0 aromatic rings. The Morgan fingerprint density at radius 2 is 1.94 bits per heavy atom. The number of carbonyl (C=O) groups excluding carboxylic acids is 3. The summed E-state index contributed by atoms with van der Waals surface area (Å²) in [5.41, 5.74) is 5.19. The van der Waals surface area contributed by atoms with Gasteiger partial charge in [-0.25, -0.2) is 0 Å². The minimum atomic E-state index is -0.627. The summed E-state index contributed by atoms with van der Waals surface area (Å²) >= 11 is 1.47. The lowest BCUT2D eigenvalue weighted by Crippen LogP contribution is -2.52. The van der Waals surface area contributed by atoms with Gasteiger partial charge in [0.25, 0.3) is 0 Å². The van der Waals surface area contributed by atoms with Crippen molar-refractivity contribution in [2.75, 3.05) is 11.6 Å². The van der Waals surface area contributed by atoms with Crippen LogP contribution < -0.4 is 11.1 Å². The summed E-state index contributed by atoms with van der Waals surface area (Å²) in [5.74, 6) is -0.0924. The van der Waals surface area contributed by atoms with Crippen LogP contribution >= 0.6 is 11.8 Å². The highest BCUT2D eigenvalue weighted by Crippen LogP contribution is 2.21. The van der Waals surface area contributed by atoms with Crippen LogP contribution in [0.5, 0.6) is 0 Å². The average molecular weight is 275 g/mol. The highest BCUT2D eigenvalue weighted by molar-refractivity contribution is 7.99. The first-order chi connectivity index (χ1) is 8.43. The fourth-order valence-corrected chi connectivity index (χ4v) is 2.69. The van der Waals surface area contributed by atoms with Crippen molar-refractivity contribution in [3.05, 3.63) is 0 Å². The number of amides is 3. The Kier molecular flexibility index (Phi) is 7.42. The monoisotopic (exact) mass is 275 g/mol. The van der Waals surface area contributed by atoms with E-state index in [1.807, 2.05) is 13.8 Å². The summed E-state index contributed by atoms with van der Waals surface area (Å²) in [4.78, 5) is 35.2. The van der Waals surface area contributed by atoms with E-state index < -0.39 is 18.0 Å². The molecule has 0 aromatic carbocycles. The molecule has 18 heavy (non-hydrogen) atoms. The Morgan fingerprint density at radius 1 is 1.39 bits per heavy atom. The molecule has 3 N–H and O–H groups in total. The van der Waals surface area contributed by atoms with Crippen LogP contribution in [0.15, 0.2) is 0 Å². The number of carbonyl (C=O) groups is 3. The van der Waals surface area contributed by atoms with Crippen LogP contribution in [0.4, 0.5) is 0 Å². The van der Waals surface area contributed by atoms with Crippen molar-refractivity contribution >= 4 is 29.5 Å². The standard InChI is InChI=1S/C9H15N3O3S.C2H6/c1-5(11-6(2)13)9(15)12-4-16-3-7(12)8(10)14;1-2/h5,7H,3-4H2,1-2H3,(H2,10,14)(H,11,13);1-2H3/t5-,7+;/m0./s1. The number of thioether (sulfide) groups is 1. The Morgan fingerprint density at radius 3 is 2.39 bits per heavy atom. The van der Waals surface area contributed by atoms with Crippen molar-refractivity contribution in [2.45, 2.75) is 39.8 Å². The van der Waals surface area contributed by atoms with Crippen LogP contribution in [0.1, 0.15) is 27.7 Å². The van der Waals surface area contributed by atoms with Crippen molar-refractivity contribution < 1.29 is 14.4 Å². The summed E-state index contributed by atoms with van der Waals surface area (Å²) < 4.78 is 0. The molecular weight excluding hydrogens is 254 g/mol. The second-order valence-electron chi connectivity index (χ2n) is 3.65. The SMILES string of the molecule is CC.CC(=O)N[C@@H](C)C(=O)N1CSC[C@@H]1C(N)=O. The first-order valence-electron chi connectivity index (χ1n) is 5.88. The quantitative estimate of drug-likeness (QED) is 0.753. The van der Waals surface area contributed by atoms with Crippen molar-refractivity contribution in [3.8, 4) is 0 Å². The van der Waals surface area contributed by atoms with Gasteiger partial charge in [-0.3, -0.25) is 14.4 Å². The zero-order chi connectivity index (χ0) is 14.3. The minimum absolute atomic E-state index is 0.274. The van der Waals surface area contributed by atoms with Crippen molar-refractivity contribution in [1.82, 2.24) is 10.2 Å². The van der Waals surface area contributed by atoms with E-state index in [-0.39, 0.29) is 11.8 Å². The first kappa shape index (κ1) is 16.8. The van der Waals surface area contributed by atoms with Crippen LogP contribution in [0.25, 0.3) is 0 Å². The van der Waals surface area contributed by atoms with Gasteiger partial charge in [-0.05, 0) is 6.92 Å². The molecule has 0 aliphatic carbocycles. The molecule has 1 rings (SSSR count). The van der Waals surface area contributed by atoms with Gasteiger partial charge in [0.15, 0.2) is 0 Å². The van der Waals surface area contributed by atoms with Crippen molar-refractivity contribution in [1.29, 1.82) is 0 Å². The molecular formula is C11H21N3O3S. The highest BCUT2D eigenvalue weighted by atomic mass is 32.2. The molecule has 3 amide bonds. The maximum absolute atomic E-state index is 11.9. The Labute approximate surface area is 112 Å². The first-order valence-corrected chi connectivity index (χ1v) is 7.03. The van der Waals surface area contributed by atoms with E-state index in [2.05, 4.69) is 5.32 Å². The zero-order valence-corrected chi connectivity index (χ0v) is 12.0. The predicted octanol–water partition coefficient (Wildman–Crippen LogP) is -0.0760. The molecule has 0 spiro atoms. The maximum Gasteiger partial charge on any atom is 0.246 e. The zero-order valence-electron chi connectivity index (χ0n) is 11.2. The smallest absolute Gasteiger partial charge is 0.246 e. The normalized spacial score (nSPS) is 19.6. The van der Waals surface area contributed by atoms with Crippen LogP contribution in [-0.4, -0.2) is 46.3 Å². The van der Waals surface area contributed by atoms with Gasteiger partial charge < -0.3 is 16.0 Å². The molecule has 1 saturated heterocycles. The third-order valence-corrected chi connectivity index (χ3v) is 3.30. The lowest BCUT2D eigenvalue weighted by Gasteiger charge is -2.24. The molecule has 0 radical (unpaired) electrons. The van der Waals surface area contributed by atoms with E-state index in [1.54, 1.807) is 6.92 Å². The Hall–Kier alpha value is -1.24. The fraction of sp³-hybridized carbons (Fsp3) is 0.727. The molecule has 2 atom stereocenters. The van der Waals surface area contributed by atoms with Crippen LogP contribution in [0.3, 0.4) is 0 Å². The number of hydrogen-bond acceptors (Lipinski definition) is 4. The molecule has 104 valence electrons. The Bertz CT molecular complexity index is 323. The summed E-state index contributed by atoms with van der Waals surface area (Å²) in [6, 6.07) is -1.19.